The minimum atomic E-state index is -1.37. The highest BCUT2D eigenvalue weighted by Crippen LogP contribution is 2.54. The summed E-state index contributed by atoms with van der Waals surface area (Å²) in [5.74, 6) is -0.905. The number of phenols is 3. The van der Waals surface area contributed by atoms with Gasteiger partial charge in [-0.15, -0.1) is 0 Å². The van der Waals surface area contributed by atoms with Crippen LogP contribution in [0, 0.1) is 5.92 Å². The van der Waals surface area contributed by atoms with Crippen molar-refractivity contribution < 1.29 is 34.7 Å². The van der Waals surface area contributed by atoms with Gasteiger partial charge in [-0.25, -0.2) is 4.79 Å². The van der Waals surface area contributed by atoms with Gasteiger partial charge in [0, 0.05) is 17.1 Å². The first-order valence-electron chi connectivity index (χ1n) is 17.7. The molecule has 7 nitrogen and oxygen atoms in total. The molecule has 4 atom stereocenters. The van der Waals surface area contributed by atoms with Crippen LogP contribution >= 0.6 is 0 Å². The standard InChI is InChI=1S/C41H54O7/c1-9-11-12-14-26-22-31(43)34(28-19-24(5)15-16-27(28)23(3)4)37(44)33(26)39(46)48-41(8)18-17-29-35(38(41)45)36-30(42)20-25(13-10-2)21-32(36)47-40(29,6)7/h19-22,27-28,38,42-45H,3,9-18H2,1-2,4-8H3/t27-,28+,38?,41?/m0/s1. The van der Waals surface area contributed by atoms with Crippen molar-refractivity contribution in [3.05, 3.63) is 75.4 Å². The smallest absolute Gasteiger partial charge is 0.342 e. The van der Waals surface area contributed by atoms with Crippen molar-refractivity contribution in [2.75, 3.05) is 0 Å². The predicted molar refractivity (Wildman–Crippen MR) is 190 cm³/mol. The third kappa shape index (κ3) is 6.50. The van der Waals surface area contributed by atoms with Gasteiger partial charge in [0.2, 0.25) is 0 Å². The monoisotopic (exact) mass is 658 g/mol. The SMILES string of the molecule is C=C(C)[C@@H]1CCC(C)=C[C@H]1c1c(O)cc(CCCCC)c(C(=O)OC2(C)CCC3=C(c4c(O)cc(CCC)cc4OC3(C)C)C2O)c1O. The Morgan fingerprint density at radius 2 is 1.75 bits per heavy atom. The van der Waals surface area contributed by atoms with Gasteiger partial charge in [0.15, 0.2) is 0 Å². The fourth-order valence-electron chi connectivity index (χ4n) is 8.12. The van der Waals surface area contributed by atoms with Gasteiger partial charge in [0.25, 0.3) is 0 Å². The molecule has 1 aliphatic heterocycles. The number of aliphatic hydroxyl groups is 1. The number of benzene rings is 2. The highest BCUT2D eigenvalue weighted by Gasteiger charge is 2.50. The van der Waals surface area contributed by atoms with Crippen LogP contribution in [-0.4, -0.2) is 43.7 Å². The second-order valence-electron chi connectivity index (χ2n) is 15.0. The van der Waals surface area contributed by atoms with E-state index >= 15 is 0 Å². The fourth-order valence-corrected chi connectivity index (χ4v) is 8.12. The summed E-state index contributed by atoms with van der Waals surface area (Å²) in [5.41, 5.74) is 3.59. The lowest BCUT2D eigenvalue weighted by Gasteiger charge is -2.47. The van der Waals surface area contributed by atoms with Crippen LogP contribution < -0.4 is 4.74 Å². The van der Waals surface area contributed by atoms with E-state index in [2.05, 4.69) is 26.5 Å². The molecule has 0 amide bonds. The molecule has 2 aromatic rings. The Kier molecular flexibility index (Phi) is 10.1. The number of hydrogen-bond acceptors (Lipinski definition) is 7. The lowest BCUT2D eigenvalue weighted by molar-refractivity contribution is -0.0694. The number of aliphatic hydroxyl groups excluding tert-OH is 1. The van der Waals surface area contributed by atoms with Gasteiger partial charge in [0.05, 0.1) is 5.56 Å². The third-order valence-corrected chi connectivity index (χ3v) is 10.8. The summed E-state index contributed by atoms with van der Waals surface area (Å²) >= 11 is 0. The molecule has 2 aromatic carbocycles. The zero-order valence-electron chi connectivity index (χ0n) is 29.8. The molecule has 3 aliphatic rings. The molecule has 1 heterocycles. The summed E-state index contributed by atoms with van der Waals surface area (Å²) in [4.78, 5) is 14.4. The first kappa shape index (κ1) is 35.6. The number of hydrogen-bond donors (Lipinski definition) is 4. The van der Waals surface area contributed by atoms with Gasteiger partial charge in [-0.3, -0.25) is 0 Å². The van der Waals surface area contributed by atoms with Crippen molar-refractivity contribution in [2.45, 2.75) is 136 Å². The zero-order chi connectivity index (χ0) is 35.1. The Bertz CT molecular complexity index is 1660. The van der Waals surface area contributed by atoms with E-state index in [-0.39, 0.29) is 34.6 Å². The van der Waals surface area contributed by atoms with Crippen LogP contribution in [0.5, 0.6) is 23.0 Å². The molecule has 0 radical (unpaired) electrons. The number of aryl methyl sites for hydroxylation is 2. The van der Waals surface area contributed by atoms with Gasteiger partial charge in [-0.1, -0.05) is 56.9 Å². The molecular weight excluding hydrogens is 604 g/mol. The number of fused-ring (bicyclic) bond motifs is 2. The minimum absolute atomic E-state index is 0.00850. The number of esters is 1. The highest BCUT2D eigenvalue weighted by molar-refractivity contribution is 5.96. The number of carbonyl (C=O) groups excluding carboxylic acids is 1. The van der Waals surface area contributed by atoms with E-state index in [1.165, 1.54) is 0 Å². The minimum Gasteiger partial charge on any atom is -0.507 e. The number of aromatic hydroxyl groups is 3. The van der Waals surface area contributed by atoms with E-state index in [1.54, 1.807) is 19.1 Å². The van der Waals surface area contributed by atoms with E-state index in [0.717, 1.165) is 67.2 Å². The van der Waals surface area contributed by atoms with Crippen LogP contribution in [-0.2, 0) is 17.6 Å². The van der Waals surface area contributed by atoms with Gasteiger partial charge >= 0.3 is 5.97 Å². The quantitative estimate of drug-likeness (QED) is 0.114. The number of ether oxygens (including phenoxy) is 2. The molecule has 0 saturated carbocycles. The summed E-state index contributed by atoms with van der Waals surface area (Å²) in [6.45, 7) is 18.0. The number of allylic oxidation sites excluding steroid dienone is 3. The van der Waals surface area contributed by atoms with E-state index in [9.17, 15) is 25.2 Å². The molecule has 0 saturated heterocycles. The molecule has 2 aliphatic carbocycles. The van der Waals surface area contributed by atoms with Gasteiger partial charge < -0.3 is 29.9 Å². The van der Waals surface area contributed by atoms with Crippen LogP contribution in [0.2, 0.25) is 0 Å². The summed E-state index contributed by atoms with van der Waals surface area (Å²) in [7, 11) is 0. The summed E-state index contributed by atoms with van der Waals surface area (Å²) in [5, 5.41) is 46.7. The highest BCUT2D eigenvalue weighted by atomic mass is 16.6. The molecule has 0 aromatic heterocycles. The topological polar surface area (TPSA) is 116 Å². The maximum Gasteiger partial charge on any atom is 0.342 e. The molecule has 5 rings (SSSR count). The molecule has 4 N–H and O–H groups in total. The van der Waals surface area contributed by atoms with Crippen LogP contribution in [0.15, 0.2) is 47.6 Å². The number of phenolic OH excluding ortho intramolecular Hbond substituents is 3. The summed E-state index contributed by atoms with van der Waals surface area (Å²) in [6, 6.07) is 5.25. The number of unbranched alkanes of at least 4 members (excludes halogenated alkanes) is 2. The van der Waals surface area contributed by atoms with Gasteiger partial charge in [-0.2, -0.15) is 0 Å². The van der Waals surface area contributed by atoms with Crippen LogP contribution in [0.3, 0.4) is 0 Å². The predicted octanol–water partition coefficient (Wildman–Crippen LogP) is 9.20. The van der Waals surface area contributed by atoms with Crippen LogP contribution in [0.1, 0.15) is 138 Å². The van der Waals surface area contributed by atoms with Crippen molar-refractivity contribution >= 4 is 11.5 Å². The van der Waals surface area contributed by atoms with E-state index < -0.39 is 23.3 Å². The van der Waals surface area contributed by atoms with Crippen molar-refractivity contribution in [3.8, 4) is 23.0 Å². The Balaban J connectivity index is 1.58. The number of carbonyl (C=O) groups is 1. The normalized spacial score (nSPS) is 24.7. The van der Waals surface area contributed by atoms with E-state index in [0.29, 0.717) is 47.3 Å². The fraction of sp³-hybridized carbons (Fsp3) is 0.537. The Labute approximate surface area is 286 Å². The molecular formula is C41H54O7. The maximum absolute atomic E-state index is 14.4. The molecule has 48 heavy (non-hydrogen) atoms. The lowest BCUT2D eigenvalue weighted by atomic mass is 9.70. The van der Waals surface area contributed by atoms with Crippen molar-refractivity contribution in [3.63, 3.8) is 0 Å². The lowest BCUT2D eigenvalue weighted by Crippen LogP contribution is -2.50. The molecule has 2 unspecified atom stereocenters. The van der Waals surface area contributed by atoms with Crippen LogP contribution in [0.4, 0.5) is 0 Å². The molecule has 260 valence electrons. The Morgan fingerprint density at radius 1 is 1.02 bits per heavy atom. The zero-order valence-corrected chi connectivity index (χ0v) is 29.8. The molecule has 7 heteroatoms. The van der Waals surface area contributed by atoms with E-state index in [4.69, 9.17) is 9.47 Å². The van der Waals surface area contributed by atoms with Crippen molar-refractivity contribution in [1.82, 2.24) is 0 Å². The Morgan fingerprint density at radius 3 is 2.42 bits per heavy atom. The largest absolute Gasteiger partial charge is 0.507 e. The van der Waals surface area contributed by atoms with E-state index in [1.807, 2.05) is 33.8 Å². The average molecular weight is 659 g/mol. The maximum atomic E-state index is 14.4. The van der Waals surface area contributed by atoms with Crippen molar-refractivity contribution in [2.24, 2.45) is 5.92 Å². The average Bonchev–Trinajstić information content (AvgIpc) is 2.98. The van der Waals surface area contributed by atoms with Gasteiger partial charge in [-0.05, 0) is 120 Å². The second-order valence-corrected chi connectivity index (χ2v) is 15.0. The third-order valence-electron chi connectivity index (χ3n) is 10.8. The Hall–Kier alpha value is -3.71. The first-order chi connectivity index (χ1) is 22.6. The van der Waals surface area contributed by atoms with Crippen molar-refractivity contribution in [1.29, 1.82) is 0 Å². The molecule has 0 fully saturated rings. The van der Waals surface area contributed by atoms with Gasteiger partial charge in [0.1, 0.15) is 45.9 Å². The summed E-state index contributed by atoms with van der Waals surface area (Å²) < 4.78 is 12.7. The summed E-state index contributed by atoms with van der Waals surface area (Å²) in [6.07, 6.45) is 8.13. The molecule has 0 bridgehead atoms. The number of rotatable bonds is 10. The first-order valence-corrected chi connectivity index (χ1v) is 17.7. The second kappa shape index (κ2) is 13.7. The van der Waals surface area contributed by atoms with Crippen LogP contribution in [0.25, 0.3) is 5.57 Å². The molecule has 0 spiro atoms.